The molecule has 0 bridgehead atoms. The van der Waals surface area contributed by atoms with E-state index in [-0.39, 0.29) is 0 Å². The van der Waals surface area contributed by atoms with Gasteiger partial charge in [0.1, 0.15) is 0 Å². The lowest BCUT2D eigenvalue weighted by Crippen LogP contribution is -2.37. The molecule has 0 aromatic carbocycles. The zero-order valence-electron chi connectivity index (χ0n) is 20.3. The minimum atomic E-state index is -1.04. The van der Waals surface area contributed by atoms with E-state index < -0.39 is 38.7 Å². The molecule has 0 saturated carbocycles. The highest BCUT2D eigenvalue weighted by Crippen LogP contribution is 2.70. The highest BCUT2D eigenvalue weighted by molar-refractivity contribution is 8.27. The van der Waals surface area contributed by atoms with Crippen LogP contribution in [-0.4, -0.2) is 50.5 Å². The molecule has 0 saturated heterocycles. The maximum Gasteiger partial charge on any atom is 0.0727 e. The van der Waals surface area contributed by atoms with Crippen molar-refractivity contribution >= 4 is 60.2 Å². The third-order valence-electron chi connectivity index (χ3n) is 4.81. The van der Waals surface area contributed by atoms with Gasteiger partial charge in [-0.05, 0) is 11.8 Å². The van der Waals surface area contributed by atoms with E-state index in [1.807, 2.05) is 0 Å². The molecule has 0 aliphatic rings. The van der Waals surface area contributed by atoms with Crippen molar-refractivity contribution in [2.45, 2.75) is 98.2 Å². The molecule has 0 unspecified atom stereocenters. The standard InChI is InChI=1S/C17H49P3Si5/c1-21(2,3)18(16-19(22(4,5)6)23(7,8)9)17-20(24(10,11)12)25(13,14)15/h16-17H2,1-15H3. The van der Waals surface area contributed by atoms with Crippen molar-refractivity contribution in [1.82, 2.24) is 0 Å². The zero-order valence-corrected chi connectivity index (χ0v) is 27.9. The van der Waals surface area contributed by atoms with Gasteiger partial charge >= 0.3 is 0 Å². The third-order valence-corrected chi connectivity index (χ3v) is 75.1. The highest BCUT2D eigenvalue weighted by Gasteiger charge is 2.44. The van der Waals surface area contributed by atoms with Gasteiger partial charge in [0.2, 0.25) is 0 Å². The topological polar surface area (TPSA) is 0 Å². The summed E-state index contributed by atoms with van der Waals surface area (Å²) < 4.78 is 0. The monoisotopic (exact) mass is 486 g/mol. The van der Waals surface area contributed by atoms with Gasteiger partial charge in [0.15, 0.2) is 0 Å². The second kappa shape index (κ2) is 9.03. The lowest BCUT2D eigenvalue weighted by atomic mass is 11.8. The van der Waals surface area contributed by atoms with E-state index in [1.54, 1.807) is 11.8 Å². The smallest absolute Gasteiger partial charge is 0.0727 e. The van der Waals surface area contributed by atoms with Gasteiger partial charge in [-0.25, -0.2) is 0 Å². The molecule has 0 heterocycles. The molecule has 0 aromatic rings. The Kier molecular flexibility index (Phi) is 9.88. The van der Waals surface area contributed by atoms with Crippen LogP contribution in [0.2, 0.25) is 98.2 Å². The molecule has 0 aliphatic heterocycles. The summed E-state index contributed by atoms with van der Waals surface area (Å²) in [5, 5.41) is 0. The zero-order chi connectivity index (χ0) is 20.6. The van der Waals surface area contributed by atoms with Crippen LogP contribution in [0.25, 0.3) is 0 Å². The lowest BCUT2D eigenvalue weighted by Gasteiger charge is -2.48. The van der Waals surface area contributed by atoms with Gasteiger partial charge in [-0.3, -0.25) is 0 Å². The molecule has 152 valence electrons. The van der Waals surface area contributed by atoms with Gasteiger partial charge in [0.05, 0.1) is 38.7 Å². The summed E-state index contributed by atoms with van der Waals surface area (Å²) in [4.78, 5) is 0. The molecule has 0 amide bonds. The first-order chi connectivity index (χ1) is 10.6. The predicted octanol–water partition coefficient (Wildman–Crippen LogP) is 9.52. The van der Waals surface area contributed by atoms with Gasteiger partial charge < -0.3 is 0 Å². The molecule has 0 radical (unpaired) electrons. The van der Waals surface area contributed by atoms with Crippen LogP contribution in [0.4, 0.5) is 0 Å². The molecule has 0 N–H and O–H groups in total. The Balaban J connectivity index is 5.82. The van der Waals surface area contributed by atoms with Crippen molar-refractivity contribution in [2.24, 2.45) is 0 Å². The summed E-state index contributed by atoms with van der Waals surface area (Å²) >= 11 is 0. The minimum absolute atomic E-state index is 0.298. The molecule has 8 heteroatoms. The largest absolute Gasteiger partial charge is 0.126 e. The summed E-state index contributed by atoms with van der Waals surface area (Å²) in [5.74, 6) is 3.42. The highest BCUT2D eigenvalue weighted by atomic mass is 31.6. The Bertz CT molecular complexity index is 360. The average molecular weight is 487 g/mol. The van der Waals surface area contributed by atoms with E-state index in [4.69, 9.17) is 0 Å². The fourth-order valence-corrected chi connectivity index (χ4v) is 107. The Hall–Kier alpha value is 2.37. The summed E-state index contributed by atoms with van der Waals surface area (Å²) in [6, 6.07) is 0. The van der Waals surface area contributed by atoms with Gasteiger partial charge in [-0.2, -0.15) is 0 Å². The van der Waals surface area contributed by atoms with Gasteiger partial charge in [0, 0.05) is 0 Å². The van der Waals surface area contributed by atoms with E-state index in [0.29, 0.717) is 21.5 Å². The molecule has 0 rings (SSSR count). The lowest BCUT2D eigenvalue weighted by molar-refractivity contribution is 1.78. The maximum atomic E-state index is 2.71. The summed E-state index contributed by atoms with van der Waals surface area (Å²) in [6.45, 7) is 40.4. The molecule has 0 atom stereocenters. The third kappa shape index (κ3) is 9.61. The van der Waals surface area contributed by atoms with Crippen LogP contribution in [0.5, 0.6) is 0 Å². The van der Waals surface area contributed by atoms with E-state index in [1.165, 1.54) is 0 Å². The van der Waals surface area contributed by atoms with Crippen molar-refractivity contribution < 1.29 is 0 Å². The van der Waals surface area contributed by atoms with E-state index >= 15 is 0 Å². The quantitative estimate of drug-likeness (QED) is 0.225. The SMILES string of the molecule is C[Si](C)(C)P(CP([Si](C)(C)C)[Si](C)(C)C)CP([Si](C)(C)C)[Si](C)(C)C. The average Bonchev–Trinajstić information content (AvgIpc) is 2.18. The van der Waals surface area contributed by atoms with E-state index in [2.05, 4.69) is 98.2 Å². The fraction of sp³-hybridized carbons (Fsp3) is 1.00. The number of hydrogen-bond donors (Lipinski definition) is 0. The first-order valence-electron chi connectivity index (χ1n) is 9.88. The van der Waals surface area contributed by atoms with E-state index in [0.717, 1.165) is 0 Å². The first-order valence-corrected chi connectivity index (χ1v) is 36.4. The van der Waals surface area contributed by atoms with Crippen molar-refractivity contribution in [3.8, 4) is 0 Å². The van der Waals surface area contributed by atoms with Gasteiger partial charge in [-0.15, -0.1) is 21.5 Å². The minimum Gasteiger partial charge on any atom is -0.126 e. The maximum absolute atomic E-state index is 2.71. The number of rotatable bonds is 9. The van der Waals surface area contributed by atoms with Crippen LogP contribution < -0.4 is 0 Å². The normalized spacial score (nSPS) is 15.6. The summed E-state index contributed by atoms with van der Waals surface area (Å²) in [5.41, 5.74) is 0. The Labute approximate surface area is 169 Å². The predicted molar refractivity (Wildman–Crippen MR) is 147 cm³/mol. The van der Waals surface area contributed by atoms with Crippen molar-refractivity contribution in [3.05, 3.63) is 0 Å². The molecule has 0 fully saturated rings. The van der Waals surface area contributed by atoms with Crippen LogP contribution in [0.3, 0.4) is 0 Å². The molecule has 25 heavy (non-hydrogen) atoms. The van der Waals surface area contributed by atoms with Crippen LogP contribution in [0.15, 0.2) is 0 Å². The Morgan fingerprint density at radius 1 is 0.360 bits per heavy atom. The molecular weight excluding hydrogens is 438 g/mol. The summed E-state index contributed by atoms with van der Waals surface area (Å²) in [7, 11) is -4.12. The van der Waals surface area contributed by atoms with Crippen LogP contribution in [0.1, 0.15) is 0 Å². The molecular formula is C17H49P3Si5. The fourth-order valence-electron chi connectivity index (χ4n) is 3.67. The Morgan fingerprint density at radius 3 is 0.680 bits per heavy atom. The molecule has 0 spiro atoms. The van der Waals surface area contributed by atoms with Crippen LogP contribution in [0, 0.1) is 0 Å². The molecule has 0 aromatic heterocycles. The Morgan fingerprint density at radius 2 is 0.560 bits per heavy atom. The summed E-state index contributed by atoms with van der Waals surface area (Å²) in [6.07, 6.45) is 0. The second-order valence-electron chi connectivity index (χ2n) is 12.5. The molecule has 0 nitrogen and oxygen atoms in total. The van der Waals surface area contributed by atoms with Crippen molar-refractivity contribution in [2.75, 3.05) is 11.8 Å². The van der Waals surface area contributed by atoms with Crippen LogP contribution in [-0.2, 0) is 0 Å². The van der Waals surface area contributed by atoms with Crippen molar-refractivity contribution in [3.63, 3.8) is 0 Å². The van der Waals surface area contributed by atoms with E-state index in [9.17, 15) is 0 Å². The van der Waals surface area contributed by atoms with Crippen LogP contribution >= 0.6 is 21.5 Å². The number of hydrogen-bond acceptors (Lipinski definition) is 0. The van der Waals surface area contributed by atoms with Crippen molar-refractivity contribution in [1.29, 1.82) is 0 Å². The van der Waals surface area contributed by atoms with Gasteiger partial charge in [0.25, 0.3) is 0 Å². The molecule has 0 aliphatic carbocycles. The van der Waals surface area contributed by atoms with Gasteiger partial charge in [-0.1, -0.05) is 98.2 Å². The first kappa shape index (κ1) is 27.4. The second-order valence-corrected chi connectivity index (χ2v) is 70.5.